The summed E-state index contributed by atoms with van der Waals surface area (Å²) in [5.41, 5.74) is 4.05. The number of benzene rings is 2. The molecule has 4 atom stereocenters. The fourth-order valence-electron chi connectivity index (χ4n) is 8.14. The lowest BCUT2D eigenvalue weighted by Crippen LogP contribution is -2.74. The van der Waals surface area contributed by atoms with E-state index in [4.69, 9.17) is 24.7 Å². The predicted octanol–water partition coefficient (Wildman–Crippen LogP) is 1.52. The molecule has 3 aliphatic heterocycles. The summed E-state index contributed by atoms with van der Waals surface area (Å²) in [6, 6.07) is 13.3. The highest BCUT2D eigenvalue weighted by Gasteiger charge is 2.65. The average molecular weight is 930 g/mol. The Morgan fingerprint density at radius 3 is 2.46 bits per heavy atom. The van der Waals surface area contributed by atoms with Gasteiger partial charge in [0.2, 0.25) is 11.9 Å². The SMILES string of the molecule is CCCCCNc1nc(N)nc2ccn(Cc3ccc(CN4CCN(C(=O)OC[C@@]5(O)[C@H](O)OC[C@@](Oc6cccc(NC(=O)CCN7C(=O)C=CC7=O)c6)(C(=O)O)[C@H]5O)CC4)cc3OC)c12. The van der Waals surface area contributed by atoms with Crippen LogP contribution in [0.4, 0.5) is 22.2 Å². The Hall–Kier alpha value is -6.85. The zero-order valence-electron chi connectivity index (χ0n) is 37.1. The minimum Gasteiger partial charge on any atom is -0.496 e. The van der Waals surface area contributed by atoms with Crippen LogP contribution >= 0.6 is 0 Å². The number of fused-ring (bicyclic) bond motifs is 1. The van der Waals surface area contributed by atoms with Crippen molar-refractivity contribution in [3.63, 3.8) is 0 Å². The number of hydrogen-bond donors (Lipinski definition) is 7. The molecule has 0 radical (unpaired) electrons. The number of nitrogens with one attached hydrogen (secondary N) is 2. The lowest BCUT2D eigenvalue weighted by molar-refractivity contribution is -0.326. The summed E-state index contributed by atoms with van der Waals surface area (Å²) in [7, 11) is 1.62. The maximum absolute atomic E-state index is 13.3. The Bertz CT molecular complexity index is 2490. The molecule has 5 heterocycles. The summed E-state index contributed by atoms with van der Waals surface area (Å²) in [6.07, 6.45) is 1.63. The van der Waals surface area contributed by atoms with Crippen molar-refractivity contribution in [1.82, 2.24) is 29.2 Å². The van der Waals surface area contributed by atoms with Crippen molar-refractivity contribution in [2.24, 2.45) is 0 Å². The van der Waals surface area contributed by atoms with Crippen LogP contribution in [0.2, 0.25) is 0 Å². The van der Waals surface area contributed by atoms with Gasteiger partial charge >= 0.3 is 12.1 Å². The summed E-state index contributed by atoms with van der Waals surface area (Å²) >= 11 is 0. The van der Waals surface area contributed by atoms with Gasteiger partial charge in [0.05, 0.1) is 19.2 Å². The molecule has 0 bridgehead atoms. The second-order valence-corrected chi connectivity index (χ2v) is 16.5. The maximum Gasteiger partial charge on any atom is 0.409 e. The maximum atomic E-state index is 13.3. The molecule has 358 valence electrons. The third-order valence-corrected chi connectivity index (χ3v) is 11.9. The number of nitrogen functional groups attached to an aromatic ring is 1. The molecule has 4 aromatic rings. The van der Waals surface area contributed by atoms with Gasteiger partial charge in [0, 0.05) is 87.9 Å². The lowest BCUT2D eigenvalue weighted by atomic mass is 9.81. The number of nitrogens with zero attached hydrogens (tertiary/aromatic N) is 6. The Morgan fingerprint density at radius 1 is 0.985 bits per heavy atom. The second-order valence-electron chi connectivity index (χ2n) is 16.5. The molecule has 2 fully saturated rings. The third-order valence-electron chi connectivity index (χ3n) is 11.9. The van der Waals surface area contributed by atoms with Gasteiger partial charge in [-0.2, -0.15) is 4.98 Å². The van der Waals surface area contributed by atoms with Gasteiger partial charge in [0.25, 0.3) is 17.4 Å². The van der Waals surface area contributed by atoms with Gasteiger partial charge < -0.3 is 65.2 Å². The van der Waals surface area contributed by atoms with E-state index in [9.17, 15) is 44.4 Å². The highest BCUT2D eigenvalue weighted by molar-refractivity contribution is 6.13. The zero-order chi connectivity index (χ0) is 47.9. The van der Waals surface area contributed by atoms with Crippen LogP contribution in [-0.2, 0) is 41.7 Å². The molecule has 8 N–H and O–H groups in total. The van der Waals surface area contributed by atoms with Crippen molar-refractivity contribution in [3.05, 3.63) is 78.0 Å². The van der Waals surface area contributed by atoms with E-state index in [0.29, 0.717) is 37.7 Å². The Morgan fingerprint density at radius 2 is 1.75 bits per heavy atom. The van der Waals surface area contributed by atoms with Crippen LogP contribution in [0, 0.1) is 0 Å². The molecule has 22 heteroatoms. The number of aliphatic hydroxyl groups excluding tert-OH is 2. The molecular formula is C45H55N9O13. The van der Waals surface area contributed by atoms with Crippen molar-refractivity contribution in [2.45, 2.75) is 69.3 Å². The summed E-state index contributed by atoms with van der Waals surface area (Å²) in [4.78, 5) is 75.6. The summed E-state index contributed by atoms with van der Waals surface area (Å²) in [5, 5.41) is 50.0. The first kappa shape index (κ1) is 48.1. The van der Waals surface area contributed by atoms with Crippen LogP contribution in [0.25, 0.3) is 11.0 Å². The first-order valence-corrected chi connectivity index (χ1v) is 21.9. The number of carbonyl (C=O) groups excluding carboxylic acids is 4. The van der Waals surface area contributed by atoms with E-state index in [0.717, 1.165) is 65.0 Å². The molecule has 0 spiro atoms. The number of aliphatic carboxylic acids is 1. The van der Waals surface area contributed by atoms with Crippen molar-refractivity contribution < 1.29 is 63.3 Å². The average Bonchev–Trinajstić information content (AvgIpc) is 3.87. The van der Waals surface area contributed by atoms with Crippen molar-refractivity contribution in [3.8, 4) is 11.5 Å². The fourth-order valence-corrected chi connectivity index (χ4v) is 8.14. The summed E-state index contributed by atoms with van der Waals surface area (Å²) in [6.45, 7) is 3.15. The normalized spacial score (nSPS) is 22.0. The fraction of sp³-hybridized carbons (Fsp3) is 0.444. The number of rotatable bonds is 19. The first-order valence-electron chi connectivity index (χ1n) is 21.9. The quantitative estimate of drug-likeness (QED) is 0.0518. The Kier molecular flexibility index (Phi) is 14.9. The van der Waals surface area contributed by atoms with E-state index in [-0.39, 0.29) is 43.4 Å². The standard InChI is InChI=1S/C45H55N9O13/c1-3-4-5-15-47-38-37-32(49-42(46)50-38)13-16-53(37)25-29-10-9-28(22-33(29)64-2)24-51-18-20-52(21-19-51)43(62)66-26-44(63)39(58)45(40(59)60,27-65-41(44)61)67-31-8-6-7-30(23-31)48-34(55)14-17-54-35(56)11-12-36(54)57/h6-13,16,22-23,39,41,58,61,63H,3-5,14-15,17-21,24-27H2,1-2H3,(H,48,55)(H,59,60)(H3,46,47,49,50)/t39-,41+,44-,45-/m0/s1. The Balaban J connectivity index is 0.923. The van der Waals surface area contributed by atoms with Gasteiger partial charge in [-0.15, -0.1) is 0 Å². The van der Waals surface area contributed by atoms with Crippen molar-refractivity contribution >= 4 is 58.3 Å². The molecule has 3 aliphatic rings. The van der Waals surface area contributed by atoms with Crippen molar-refractivity contribution in [2.75, 3.05) is 76.0 Å². The van der Waals surface area contributed by atoms with Crippen LogP contribution in [0.1, 0.15) is 43.7 Å². The molecule has 7 rings (SSSR count). The highest BCUT2D eigenvalue weighted by atomic mass is 16.7. The number of carboxylic acid groups (broad SMARTS) is 1. The molecule has 0 aliphatic carbocycles. The molecule has 0 unspecified atom stereocenters. The number of aromatic nitrogens is 3. The molecule has 2 aromatic carbocycles. The van der Waals surface area contributed by atoms with E-state index in [1.165, 1.54) is 29.2 Å². The molecule has 2 aromatic heterocycles. The highest BCUT2D eigenvalue weighted by Crippen LogP contribution is 2.37. The largest absolute Gasteiger partial charge is 0.496 e. The van der Waals surface area contributed by atoms with Crippen molar-refractivity contribution in [1.29, 1.82) is 0 Å². The van der Waals surface area contributed by atoms with E-state index < -0.39 is 66.6 Å². The van der Waals surface area contributed by atoms with Gasteiger partial charge in [-0.3, -0.25) is 24.2 Å². The summed E-state index contributed by atoms with van der Waals surface area (Å²) < 4.78 is 24.2. The number of carbonyl (C=O) groups is 5. The number of hydrogen-bond acceptors (Lipinski definition) is 17. The lowest BCUT2D eigenvalue weighted by Gasteiger charge is -2.48. The molecule has 4 amide bonds. The monoisotopic (exact) mass is 929 g/mol. The Labute approximate surface area is 384 Å². The third kappa shape index (κ3) is 10.7. The molecule has 2 saturated heterocycles. The minimum atomic E-state index is -2.87. The number of nitrogens with two attached hydrogens (primary N) is 1. The number of imide groups is 1. The number of piperazine rings is 1. The molecule has 67 heavy (non-hydrogen) atoms. The van der Waals surface area contributed by atoms with Crippen LogP contribution < -0.4 is 25.8 Å². The number of ether oxygens (including phenoxy) is 4. The van der Waals surface area contributed by atoms with Crippen LogP contribution in [-0.4, -0.2) is 163 Å². The molecule has 22 nitrogen and oxygen atoms in total. The second kappa shape index (κ2) is 20.8. The number of anilines is 3. The van der Waals surface area contributed by atoms with Gasteiger partial charge in [-0.1, -0.05) is 38.0 Å². The zero-order valence-corrected chi connectivity index (χ0v) is 37.1. The van der Waals surface area contributed by atoms with Crippen LogP contribution in [0.3, 0.4) is 0 Å². The topological polar surface area (TPSA) is 294 Å². The van der Waals surface area contributed by atoms with Crippen LogP contribution in [0.15, 0.2) is 66.9 Å². The van der Waals surface area contributed by atoms with Gasteiger partial charge in [-0.25, -0.2) is 14.6 Å². The molecule has 0 saturated carbocycles. The van der Waals surface area contributed by atoms with E-state index in [1.807, 2.05) is 30.5 Å². The van der Waals surface area contributed by atoms with E-state index in [1.54, 1.807) is 7.11 Å². The number of aliphatic hydroxyl groups is 3. The number of carboxylic acids is 1. The van der Waals surface area contributed by atoms with Gasteiger partial charge in [0.1, 0.15) is 36.3 Å². The minimum absolute atomic E-state index is 0.133. The van der Waals surface area contributed by atoms with Gasteiger partial charge in [0.15, 0.2) is 17.7 Å². The smallest absolute Gasteiger partial charge is 0.409 e. The number of unbranched alkanes of at least 4 members (excludes halogenated alkanes) is 2. The number of amides is 4. The number of methoxy groups -OCH3 is 1. The van der Waals surface area contributed by atoms with Crippen LogP contribution in [0.5, 0.6) is 11.5 Å². The van der Waals surface area contributed by atoms with E-state index in [2.05, 4.69) is 37.0 Å². The molecular weight excluding hydrogens is 875 g/mol. The first-order chi connectivity index (χ1) is 32.1. The predicted molar refractivity (Wildman–Crippen MR) is 240 cm³/mol. The summed E-state index contributed by atoms with van der Waals surface area (Å²) in [5.74, 6) is -2.06. The van der Waals surface area contributed by atoms with E-state index >= 15 is 0 Å². The van der Waals surface area contributed by atoms with Gasteiger partial charge in [-0.05, 0) is 36.2 Å².